The molecule has 3 aromatic carbocycles. The summed E-state index contributed by atoms with van der Waals surface area (Å²) in [6, 6.07) is 13.0. The highest BCUT2D eigenvalue weighted by molar-refractivity contribution is 7.91. The van der Waals surface area contributed by atoms with Gasteiger partial charge in [-0.05, 0) is 49.2 Å². The van der Waals surface area contributed by atoms with E-state index in [-0.39, 0.29) is 22.0 Å². The number of carbonyl (C=O) groups excluding carboxylic acids is 2. The molecule has 2 amide bonds. The summed E-state index contributed by atoms with van der Waals surface area (Å²) in [7, 11) is -2.83. The Labute approximate surface area is 218 Å². The van der Waals surface area contributed by atoms with Crippen LogP contribution >= 0.6 is 0 Å². The van der Waals surface area contributed by atoms with Crippen molar-refractivity contribution in [3.05, 3.63) is 77.9 Å². The Morgan fingerprint density at radius 1 is 0.947 bits per heavy atom. The van der Waals surface area contributed by atoms with E-state index in [0.29, 0.717) is 18.8 Å². The summed E-state index contributed by atoms with van der Waals surface area (Å²) < 4.78 is 61.9. The SMILES string of the molecule is CN1C(=O)[C@@H](NC(=O)c2cc(Oc3ccccc3)ccc2F)CS(=O)(=O)c2cc(N3CCCC3)c(F)cc21. The predicted octanol–water partition coefficient (Wildman–Crippen LogP) is 3.91. The Morgan fingerprint density at radius 3 is 2.37 bits per heavy atom. The molecule has 8 nitrogen and oxygen atoms in total. The second-order valence-corrected chi connectivity index (χ2v) is 11.2. The second kappa shape index (κ2) is 10.1. The van der Waals surface area contributed by atoms with Crippen molar-refractivity contribution < 1.29 is 31.5 Å². The van der Waals surface area contributed by atoms with Crippen LogP contribution in [0.15, 0.2) is 65.6 Å². The molecule has 0 unspecified atom stereocenters. The van der Waals surface area contributed by atoms with Crippen molar-refractivity contribution in [2.75, 3.05) is 35.7 Å². The fourth-order valence-corrected chi connectivity index (χ4v) is 6.33. The number of anilines is 2. The van der Waals surface area contributed by atoms with Gasteiger partial charge in [-0.15, -0.1) is 0 Å². The molecule has 0 aliphatic carbocycles. The van der Waals surface area contributed by atoms with Gasteiger partial charge in [0.2, 0.25) is 5.91 Å². The summed E-state index contributed by atoms with van der Waals surface area (Å²) >= 11 is 0. The highest BCUT2D eigenvalue weighted by Crippen LogP contribution is 2.36. The van der Waals surface area contributed by atoms with E-state index in [4.69, 9.17) is 4.74 Å². The Hall–Kier alpha value is -3.99. The molecule has 0 saturated carbocycles. The van der Waals surface area contributed by atoms with Gasteiger partial charge >= 0.3 is 0 Å². The van der Waals surface area contributed by atoms with Gasteiger partial charge in [0.1, 0.15) is 29.2 Å². The van der Waals surface area contributed by atoms with Crippen molar-refractivity contribution in [2.45, 2.75) is 23.8 Å². The Morgan fingerprint density at radius 2 is 1.66 bits per heavy atom. The first kappa shape index (κ1) is 25.7. The summed E-state index contributed by atoms with van der Waals surface area (Å²) in [6.45, 7) is 1.20. The lowest BCUT2D eigenvalue weighted by Crippen LogP contribution is -2.49. The first-order valence-electron chi connectivity index (χ1n) is 12.1. The van der Waals surface area contributed by atoms with Gasteiger partial charge in [0.15, 0.2) is 9.84 Å². The molecule has 1 saturated heterocycles. The topological polar surface area (TPSA) is 96.0 Å². The van der Waals surface area contributed by atoms with Gasteiger partial charge in [-0.3, -0.25) is 9.59 Å². The van der Waals surface area contributed by atoms with E-state index in [1.54, 1.807) is 35.2 Å². The van der Waals surface area contributed by atoms with Crippen LogP contribution in [0.1, 0.15) is 23.2 Å². The van der Waals surface area contributed by atoms with E-state index < -0.39 is 50.6 Å². The number of nitrogens with zero attached hydrogens (tertiary/aromatic N) is 2. The van der Waals surface area contributed by atoms with E-state index in [9.17, 15) is 26.8 Å². The number of hydrogen-bond acceptors (Lipinski definition) is 6. The number of carbonyl (C=O) groups is 2. The van der Waals surface area contributed by atoms with Gasteiger partial charge in [0.25, 0.3) is 5.91 Å². The minimum atomic E-state index is -4.14. The van der Waals surface area contributed by atoms with E-state index in [0.717, 1.165) is 29.9 Å². The quantitative estimate of drug-likeness (QED) is 0.493. The third kappa shape index (κ3) is 4.93. The van der Waals surface area contributed by atoms with E-state index in [2.05, 4.69) is 5.32 Å². The lowest BCUT2D eigenvalue weighted by atomic mass is 10.1. The van der Waals surface area contributed by atoms with Crippen molar-refractivity contribution in [3.8, 4) is 11.5 Å². The molecule has 0 spiro atoms. The molecule has 1 fully saturated rings. The molecule has 1 atom stereocenters. The Balaban J connectivity index is 1.42. The fraction of sp³-hybridized carbons (Fsp3) is 0.259. The first-order valence-corrected chi connectivity index (χ1v) is 13.7. The molecule has 2 heterocycles. The Kier molecular flexibility index (Phi) is 6.78. The maximum Gasteiger partial charge on any atom is 0.255 e. The molecule has 5 rings (SSSR count). The Bertz CT molecular complexity index is 1510. The monoisotopic (exact) mass is 541 g/mol. The minimum absolute atomic E-state index is 0.114. The summed E-state index contributed by atoms with van der Waals surface area (Å²) in [5.74, 6) is -3.39. The molecule has 1 N–H and O–H groups in total. The van der Waals surface area contributed by atoms with Crippen LogP contribution in [0, 0.1) is 11.6 Å². The number of sulfone groups is 1. The molecule has 3 aromatic rings. The van der Waals surface area contributed by atoms with Crippen LogP contribution in [0.5, 0.6) is 11.5 Å². The van der Waals surface area contributed by atoms with Crippen molar-refractivity contribution >= 4 is 33.0 Å². The lowest BCUT2D eigenvalue weighted by molar-refractivity contribution is -0.119. The predicted molar refractivity (Wildman–Crippen MR) is 137 cm³/mol. The van der Waals surface area contributed by atoms with Crippen LogP contribution in [0.3, 0.4) is 0 Å². The highest BCUT2D eigenvalue weighted by Gasteiger charge is 2.39. The minimum Gasteiger partial charge on any atom is -0.457 e. The summed E-state index contributed by atoms with van der Waals surface area (Å²) in [5, 5.41) is 2.35. The summed E-state index contributed by atoms with van der Waals surface area (Å²) in [5.41, 5.74) is -0.377. The van der Waals surface area contributed by atoms with Crippen molar-refractivity contribution in [2.24, 2.45) is 0 Å². The van der Waals surface area contributed by atoms with Crippen molar-refractivity contribution in [1.82, 2.24) is 5.32 Å². The van der Waals surface area contributed by atoms with Crippen LogP contribution in [-0.2, 0) is 14.6 Å². The zero-order valence-corrected chi connectivity index (χ0v) is 21.3. The van der Waals surface area contributed by atoms with Crippen LogP contribution < -0.4 is 19.9 Å². The average Bonchev–Trinajstić information content (AvgIpc) is 3.41. The molecule has 0 aromatic heterocycles. The molecule has 11 heteroatoms. The summed E-state index contributed by atoms with van der Waals surface area (Å²) in [4.78, 5) is 28.8. The molecule has 198 valence electrons. The number of fused-ring (bicyclic) bond motifs is 1. The standard InChI is InChI=1S/C27H25F2N3O5S/c1-31-24-14-21(29)23(32-11-5-6-12-32)15-25(24)38(35,36)16-22(27(31)34)30-26(33)19-13-18(9-10-20(19)28)37-17-7-3-2-4-8-17/h2-4,7-10,13-15,22H,5-6,11-12,16H2,1H3,(H,30,33)/t22-/m0/s1. The van der Waals surface area contributed by atoms with Gasteiger partial charge in [-0.1, -0.05) is 18.2 Å². The molecule has 2 aliphatic heterocycles. The first-order chi connectivity index (χ1) is 18.1. The molecule has 38 heavy (non-hydrogen) atoms. The maximum absolute atomic E-state index is 15.0. The van der Waals surface area contributed by atoms with E-state index >= 15 is 0 Å². The third-order valence-corrected chi connectivity index (χ3v) is 8.42. The number of rotatable bonds is 5. The third-order valence-electron chi connectivity index (χ3n) is 6.65. The molecule has 2 aliphatic rings. The van der Waals surface area contributed by atoms with Crippen molar-refractivity contribution in [3.63, 3.8) is 0 Å². The number of amides is 2. The second-order valence-electron chi connectivity index (χ2n) is 9.23. The number of benzene rings is 3. The smallest absolute Gasteiger partial charge is 0.255 e. The fourth-order valence-electron chi connectivity index (χ4n) is 4.68. The number of ether oxygens (including phenoxy) is 1. The molecule has 0 bridgehead atoms. The molecular formula is C27H25F2N3O5S. The molecule has 0 radical (unpaired) electrons. The normalized spacial score (nSPS) is 18.6. The maximum atomic E-state index is 15.0. The van der Waals surface area contributed by atoms with Crippen LogP contribution in [-0.4, -0.2) is 52.2 Å². The number of para-hydroxylation sites is 1. The van der Waals surface area contributed by atoms with Crippen LogP contribution in [0.25, 0.3) is 0 Å². The summed E-state index contributed by atoms with van der Waals surface area (Å²) in [6.07, 6.45) is 1.73. The van der Waals surface area contributed by atoms with Crippen LogP contribution in [0.2, 0.25) is 0 Å². The number of hydrogen-bond donors (Lipinski definition) is 1. The number of nitrogens with one attached hydrogen (secondary N) is 1. The zero-order valence-electron chi connectivity index (χ0n) is 20.5. The largest absolute Gasteiger partial charge is 0.457 e. The highest BCUT2D eigenvalue weighted by atomic mass is 32.2. The van der Waals surface area contributed by atoms with Gasteiger partial charge in [-0.25, -0.2) is 17.2 Å². The van der Waals surface area contributed by atoms with Crippen molar-refractivity contribution in [1.29, 1.82) is 0 Å². The van der Waals surface area contributed by atoms with Gasteiger partial charge in [-0.2, -0.15) is 0 Å². The lowest BCUT2D eigenvalue weighted by Gasteiger charge is -2.23. The van der Waals surface area contributed by atoms with E-state index in [1.165, 1.54) is 25.2 Å². The van der Waals surface area contributed by atoms with Gasteiger partial charge in [0.05, 0.1) is 27.6 Å². The number of halogens is 2. The van der Waals surface area contributed by atoms with Gasteiger partial charge < -0.3 is 19.9 Å². The number of likely N-dealkylation sites (N-methyl/N-ethyl adjacent to an activating group) is 1. The van der Waals surface area contributed by atoms with Crippen LogP contribution in [0.4, 0.5) is 20.2 Å². The average molecular weight is 542 g/mol. The molecular weight excluding hydrogens is 516 g/mol. The van der Waals surface area contributed by atoms with E-state index in [1.807, 2.05) is 0 Å². The zero-order chi connectivity index (χ0) is 27.0. The van der Waals surface area contributed by atoms with Gasteiger partial charge in [0, 0.05) is 26.2 Å².